The minimum atomic E-state index is 0.705. The summed E-state index contributed by atoms with van der Waals surface area (Å²) in [6, 6.07) is 15.6. The van der Waals surface area contributed by atoms with Crippen molar-refractivity contribution in [1.29, 1.82) is 0 Å². The molecule has 1 aromatic heterocycles. The van der Waals surface area contributed by atoms with E-state index < -0.39 is 0 Å². The van der Waals surface area contributed by atoms with Crippen molar-refractivity contribution in [2.75, 3.05) is 0 Å². The highest BCUT2D eigenvalue weighted by Gasteiger charge is 2.07. The van der Waals surface area contributed by atoms with Crippen LogP contribution >= 0.6 is 34.2 Å². The number of aromatic nitrogens is 2. The molecule has 4 heteroatoms. The molecule has 0 saturated carbocycles. The van der Waals surface area contributed by atoms with Crippen molar-refractivity contribution in [1.82, 2.24) is 9.97 Å². The molecule has 88 valence electrons. The smallest absolute Gasteiger partial charge is 0.160 e. The summed E-state index contributed by atoms with van der Waals surface area (Å²) < 4.78 is 0.916. The SMILES string of the molecule is Clc1ccc2nc(-c3ccccc3)nc(I)c2c1. The largest absolute Gasteiger partial charge is 0.228 e. The van der Waals surface area contributed by atoms with E-state index in [1.54, 1.807) is 0 Å². The molecule has 3 rings (SSSR count). The molecule has 0 N–H and O–H groups in total. The molecule has 0 saturated heterocycles. The molecule has 0 fully saturated rings. The maximum atomic E-state index is 5.99. The summed E-state index contributed by atoms with van der Waals surface area (Å²) in [5, 5.41) is 1.69. The number of rotatable bonds is 1. The highest BCUT2D eigenvalue weighted by atomic mass is 127. The van der Waals surface area contributed by atoms with Gasteiger partial charge < -0.3 is 0 Å². The van der Waals surface area contributed by atoms with Gasteiger partial charge in [0.25, 0.3) is 0 Å². The lowest BCUT2D eigenvalue weighted by Crippen LogP contribution is -1.93. The van der Waals surface area contributed by atoms with Gasteiger partial charge in [0, 0.05) is 16.0 Å². The standard InChI is InChI=1S/C14H8ClIN2/c15-10-6-7-12-11(8-10)13(16)18-14(17-12)9-4-2-1-3-5-9/h1-8H. The van der Waals surface area contributed by atoms with Crippen LogP contribution in [0, 0.1) is 3.70 Å². The fraction of sp³-hybridized carbons (Fsp3) is 0. The molecule has 0 aliphatic rings. The fourth-order valence-electron chi connectivity index (χ4n) is 1.78. The van der Waals surface area contributed by atoms with Gasteiger partial charge in [-0.3, -0.25) is 0 Å². The van der Waals surface area contributed by atoms with Gasteiger partial charge in [0.2, 0.25) is 0 Å². The number of benzene rings is 2. The van der Waals surface area contributed by atoms with E-state index in [1.807, 2.05) is 48.5 Å². The first-order valence-electron chi connectivity index (χ1n) is 5.42. The monoisotopic (exact) mass is 366 g/mol. The van der Waals surface area contributed by atoms with Crippen molar-refractivity contribution < 1.29 is 0 Å². The zero-order valence-electron chi connectivity index (χ0n) is 9.27. The fourth-order valence-corrected chi connectivity index (χ4v) is 2.61. The van der Waals surface area contributed by atoms with Crippen LogP contribution in [0.5, 0.6) is 0 Å². The van der Waals surface area contributed by atoms with Crippen LogP contribution in [0.1, 0.15) is 0 Å². The number of halogens is 2. The van der Waals surface area contributed by atoms with Crippen molar-refractivity contribution >= 4 is 45.1 Å². The Morgan fingerprint density at radius 2 is 1.72 bits per heavy atom. The Bertz CT molecular complexity index is 714. The summed E-state index contributed by atoms with van der Waals surface area (Å²) in [6.07, 6.45) is 0. The molecule has 18 heavy (non-hydrogen) atoms. The van der Waals surface area contributed by atoms with Gasteiger partial charge in [-0.1, -0.05) is 41.9 Å². The summed E-state index contributed by atoms with van der Waals surface area (Å²) in [5.74, 6) is 0.745. The van der Waals surface area contributed by atoms with Gasteiger partial charge in [-0.05, 0) is 40.8 Å². The van der Waals surface area contributed by atoms with Gasteiger partial charge in [-0.25, -0.2) is 9.97 Å². The van der Waals surface area contributed by atoms with E-state index >= 15 is 0 Å². The molecular formula is C14H8ClIN2. The lowest BCUT2D eigenvalue weighted by Gasteiger charge is -2.05. The summed E-state index contributed by atoms with van der Waals surface area (Å²) in [4.78, 5) is 9.10. The second kappa shape index (κ2) is 4.82. The van der Waals surface area contributed by atoms with Crippen LogP contribution in [-0.4, -0.2) is 9.97 Å². The van der Waals surface area contributed by atoms with E-state index in [-0.39, 0.29) is 0 Å². The third kappa shape index (κ3) is 2.20. The van der Waals surface area contributed by atoms with Gasteiger partial charge in [0.1, 0.15) is 3.70 Å². The van der Waals surface area contributed by atoms with E-state index in [0.717, 1.165) is 26.0 Å². The van der Waals surface area contributed by atoms with Gasteiger partial charge in [0.15, 0.2) is 5.82 Å². The van der Waals surface area contributed by atoms with Gasteiger partial charge in [-0.15, -0.1) is 0 Å². The van der Waals surface area contributed by atoms with Crippen molar-refractivity contribution in [3.05, 3.63) is 57.3 Å². The Balaban J connectivity index is 2.25. The third-order valence-corrected chi connectivity index (χ3v) is 3.70. The molecule has 0 amide bonds. The predicted octanol–water partition coefficient (Wildman–Crippen LogP) is 4.55. The first-order chi connectivity index (χ1) is 8.74. The van der Waals surface area contributed by atoms with Gasteiger partial charge in [0.05, 0.1) is 5.52 Å². The number of fused-ring (bicyclic) bond motifs is 1. The van der Waals surface area contributed by atoms with E-state index in [2.05, 4.69) is 32.6 Å². The van der Waals surface area contributed by atoms with Crippen LogP contribution in [0.25, 0.3) is 22.3 Å². The van der Waals surface area contributed by atoms with Crippen LogP contribution in [0.3, 0.4) is 0 Å². The summed E-state index contributed by atoms with van der Waals surface area (Å²) in [6.45, 7) is 0. The molecule has 1 heterocycles. The van der Waals surface area contributed by atoms with Gasteiger partial charge in [-0.2, -0.15) is 0 Å². The first-order valence-corrected chi connectivity index (χ1v) is 6.88. The van der Waals surface area contributed by atoms with Crippen molar-refractivity contribution in [3.8, 4) is 11.4 Å². The minimum absolute atomic E-state index is 0.705. The topological polar surface area (TPSA) is 25.8 Å². The summed E-state index contributed by atoms with van der Waals surface area (Å²) in [5.41, 5.74) is 1.94. The number of hydrogen-bond donors (Lipinski definition) is 0. The summed E-state index contributed by atoms with van der Waals surface area (Å²) in [7, 11) is 0. The Morgan fingerprint density at radius 1 is 0.944 bits per heavy atom. The highest BCUT2D eigenvalue weighted by Crippen LogP contribution is 2.25. The Kier molecular flexibility index (Phi) is 3.18. The predicted molar refractivity (Wildman–Crippen MR) is 82.7 cm³/mol. The van der Waals surface area contributed by atoms with E-state index in [4.69, 9.17) is 11.6 Å². The maximum Gasteiger partial charge on any atom is 0.160 e. The molecule has 0 spiro atoms. The van der Waals surface area contributed by atoms with Crippen molar-refractivity contribution in [3.63, 3.8) is 0 Å². The molecule has 2 aromatic carbocycles. The molecule has 3 aromatic rings. The number of nitrogens with zero attached hydrogens (tertiary/aromatic N) is 2. The second-order valence-corrected chi connectivity index (χ2v) is 5.32. The number of hydrogen-bond acceptors (Lipinski definition) is 2. The quantitative estimate of drug-likeness (QED) is 0.466. The van der Waals surface area contributed by atoms with E-state index in [0.29, 0.717) is 5.02 Å². The normalized spacial score (nSPS) is 10.8. The average Bonchev–Trinajstić information content (AvgIpc) is 2.40. The Morgan fingerprint density at radius 3 is 2.50 bits per heavy atom. The molecule has 2 nitrogen and oxygen atoms in total. The molecule has 0 radical (unpaired) electrons. The summed E-state index contributed by atoms with van der Waals surface area (Å²) >= 11 is 8.21. The average molecular weight is 367 g/mol. The molecule has 0 aliphatic heterocycles. The van der Waals surface area contributed by atoms with Crippen molar-refractivity contribution in [2.24, 2.45) is 0 Å². The van der Waals surface area contributed by atoms with Crippen LogP contribution in [0.2, 0.25) is 5.02 Å². The van der Waals surface area contributed by atoms with E-state index in [9.17, 15) is 0 Å². The van der Waals surface area contributed by atoms with Crippen LogP contribution in [0.15, 0.2) is 48.5 Å². The Hall–Kier alpha value is -1.20. The molecular weight excluding hydrogens is 359 g/mol. The lowest BCUT2D eigenvalue weighted by atomic mass is 10.2. The van der Waals surface area contributed by atoms with Crippen molar-refractivity contribution in [2.45, 2.75) is 0 Å². The minimum Gasteiger partial charge on any atom is -0.228 e. The lowest BCUT2D eigenvalue weighted by molar-refractivity contribution is 1.20. The zero-order chi connectivity index (χ0) is 12.5. The van der Waals surface area contributed by atoms with Crippen LogP contribution in [-0.2, 0) is 0 Å². The van der Waals surface area contributed by atoms with Crippen LogP contribution < -0.4 is 0 Å². The molecule has 0 aliphatic carbocycles. The second-order valence-electron chi connectivity index (χ2n) is 3.87. The molecule has 0 atom stereocenters. The molecule has 0 bridgehead atoms. The Labute approximate surface area is 123 Å². The van der Waals surface area contributed by atoms with E-state index in [1.165, 1.54) is 0 Å². The highest BCUT2D eigenvalue weighted by molar-refractivity contribution is 14.1. The maximum absolute atomic E-state index is 5.99. The van der Waals surface area contributed by atoms with Gasteiger partial charge >= 0.3 is 0 Å². The third-order valence-electron chi connectivity index (χ3n) is 2.64. The first kappa shape index (κ1) is 11.9. The zero-order valence-corrected chi connectivity index (χ0v) is 12.2. The molecule has 0 unspecified atom stereocenters. The van der Waals surface area contributed by atoms with Crippen LogP contribution in [0.4, 0.5) is 0 Å².